The lowest BCUT2D eigenvalue weighted by molar-refractivity contribution is -0.119. The van der Waals surface area contributed by atoms with Gasteiger partial charge < -0.3 is 14.8 Å². The van der Waals surface area contributed by atoms with E-state index in [1.54, 1.807) is 24.3 Å². The Labute approximate surface area is 224 Å². The highest BCUT2D eigenvalue weighted by Crippen LogP contribution is 2.34. The molecule has 0 radical (unpaired) electrons. The number of sulfonamides is 1. The summed E-state index contributed by atoms with van der Waals surface area (Å²) in [6, 6.07) is 19.0. The number of methoxy groups -OCH3 is 1. The Kier molecular flexibility index (Phi) is 10.2. The number of aryl methyl sites for hydroxylation is 2. The first-order valence-electron chi connectivity index (χ1n) is 12.2. The van der Waals surface area contributed by atoms with Crippen LogP contribution in [-0.2, 0) is 21.2 Å². The number of nitrogens with one attached hydrogen (secondary N) is 1. The Hall–Kier alpha value is -3.23. The average molecular weight is 545 g/mol. The number of halogens is 1. The molecule has 0 spiro atoms. The zero-order chi connectivity index (χ0) is 26.8. The van der Waals surface area contributed by atoms with Crippen molar-refractivity contribution in [1.29, 1.82) is 0 Å². The largest absolute Gasteiger partial charge is 0.495 e. The van der Waals surface area contributed by atoms with Crippen molar-refractivity contribution in [1.82, 2.24) is 5.32 Å². The second-order valence-electron chi connectivity index (χ2n) is 8.55. The maximum Gasteiger partial charge on any atom is 0.264 e. The fourth-order valence-electron chi connectivity index (χ4n) is 3.75. The van der Waals surface area contributed by atoms with Crippen LogP contribution in [-0.4, -0.2) is 41.1 Å². The van der Waals surface area contributed by atoms with Gasteiger partial charge in [-0.1, -0.05) is 54.4 Å². The van der Waals surface area contributed by atoms with Crippen molar-refractivity contribution < 1.29 is 22.7 Å². The van der Waals surface area contributed by atoms with E-state index in [4.69, 9.17) is 21.1 Å². The molecule has 0 fully saturated rings. The molecule has 0 aliphatic rings. The number of benzene rings is 3. The van der Waals surface area contributed by atoms with Gasteiger partial charge in [0.05, 0.1) is 24.3 Å². The molecule has 7 nitrogen and oxygen atoms in total. The van der Waals surface area contributed by atoms with Crippen LogP contribution in [0.2, 0.25) is 5.02 Å². The number of para-hydroxylation sites is 1. The number of amides is 1. The first-order chi connectivity index (χ1) is 17.8. The van der Waals surface area contributed by atoms with Gasteiger partial charge >= 0.3 is 0 Å². The summed E-state index contributed by atoms with van der Waals surface area (Å²) in [5.74, 6) is 0.698. The van der Waals surface area contributed by atoms with Crippen LogP contribution in [0.5, 0.6) is 11.5 Å². The van der Waals surface area contributed by atoms with Gasteiger partial charge in [-0.25, -0.2) is 8.42 Å². The maximum atomic E-state index is 13.6. The van der Waals surface area contributed by atoms with Crippen molar-refractivity contribution in [2.75, 3.05) is 31.1 Å². The quantitative estimate of drug-likeness (QED) is 0.292. The topological polar surface area (TPSA) is 84.9 Å². The lowest BCUT2D eigenvalue weighted by atomic mass is 10.1. The molecule has 0 aliphatic heterocycles. The summed E-state index contributed by atoms with van der Waals surface area (Å²) in [5, 5.41) is 3.16. The van der Waals surface area contributed by atoms with E-state index in [0.717, 1.165) is 27.6 Å². The molecule has 0 aromatic heterocycles. The first-order valence-corrected chi connectivity index (χ1v) is 14.0. The Morgan fingerprint density at radius 3 is 2.46 bits per heavy atom. The van der Waals surface area contributed by atoms with Gasteiger partial charge in [0.25, 0.3) is 10.0 Å². The third-order valence-corrected chi connectivity index (χ3v) is 7.69. The second kappa shape index (κ2) is 13.4. The Balaban J connectivity index is 1.75. The van der Waals surface area contributed by atoms with Crippen molar-refractivity contribution in [3.8, 4) is 11.5 Å². The molecule has 0 bridgehead atoms. The average Bonchev–Trinajstić information content (AvgIpc) is 2.89. The van der Waals surface area contributed by atoms with Crippen molar-refractivity contribution in [2.24, 2.45) is 0 Å². The Morgan fingerprint density at radius 1 is 1.03 bits per heavy atom. The molecule has 0 saturated heterocycles. The predicted molar refractivity (Wildman–Crippen MR) is 147 cm³/mol. The molecule has 0 saturated carbocycles. The van der Waals surface area contributed by atoms with Crippen LogP contribution >= 0.6 is 11.6 Å². The molecule has 0 unspecified atom stereocenters. The molecule has 9 heteroatoms. The fraction of sp³-hybridized carbons (Fsp3) is 0.321. The molecular weight excluding hydrogens is 512 g/mol. The van der Waals surface area contributed by atoms with E-state index in [2.05, 4.69) is 12.2 Å². The summed E-state index contributed by atoms with van der Waals surface area (Å²) in [4.78, 5) is 13.0. The number of anilines is 1. The molecule has 198 valence electrons. The third kappa shape index (κ3) is 7.63. The molecule has 0 heterocycles. The van der Waals surface area contributed by atoms with Gasteiger partial charge in [0, 0.05) is 11.6 Å². The standard InChI is InChI=1S/C28H33ClN2O5S/c1-4-18-36-26-10-6-5-8-22(26)9-7-17-30-28(32)20-31(25-19-23(29)13-16-27(25)35-3)37(33,34)24-14-11-21(2)12-15-24/h5-6,8,10-16,19H,4,7,9,17-18,20H2,1-3H3,(H,30,32). The van der Waals surface area contributed by atoms with Gasteiger partial charge in [0.15, 0.2) is 0 Å². The van der Waals surface area contributed by atoms with Gasteiger partial charge in [0.2, 0.25) is 5.91 Å². The summed E-state index contributed by atoms with van der Waals surface area (Å²) < 4.78 is 39.5. The lowest BCUT2D eigenvalue weighted by Gasteiger charge is -2.26. The molecule has 3 aromatic rings. The van der Waals surface area contributed by atoms with Crippen LogP contribution in [0.15, 0.2) is 71.6 Å². The fourth-order valence-corrected chi connectivity index (χ4v) is 5.34. The highest BCUT2D eigenvalue weighted by Gasteiger charge is 2.29. The number of carbonyl (C=O) groups is 1. The van der Waals surface area contributed by atoms with Crippen LogP contribution in [0.1, 0.15) is 30.9 Å². The third-order valence-electron chi connectivity index (χ3n) is 5.69. The van der Waals surface area contributed by atoms with Crippen LogP contribution in [0, 0.1) is 6.92 Å². The number of hydrogen-bond donors (Lipinski definition) is 1. The zero-order valence-corrected chi connectivity index (χ0v) is 22.9. The van der Waals surface area contributed by atoms with Gasteiger partial charge in [-0.3, -0.25) is 9.10 Å². The van der Waals surface area contributed by atoms with E-state index in [9.17, 15) is 13.2 Å². The minimum Gasteiger partial charge on any atom is -0.495 e. The number of carbonyl (C=O) groups excluding carboxylic acids is 1. The Bertz CT molecular complexity index is 1300. The summed E-state index contributed by atoms with van der Waals surface area (Å²) in [7, 11) is -2.65. The molecule has 0 atom stereocenters. The number of ether oxygens (including phenoxy) is 2. The summed E-state index contributed by atoms with van der Waals surface area (Å²) >= 11 is 6.19. The number of nitrogens with zero attached hydrogens (tertiary/aromatic N) is 1. The Morgan fingerprint density at radius 2 is 1.76 bits per heavy atom. The zero-order valence-electron chi connectivity index (χ0n) is 21.4. The molecule has 3 aromatic carbocycles. The van der Waals surface area contributed by atoms with Crippen molar-refractivity contribution in [3.63, 3.8) is 0 Å². The summed E-state index contributed by atoms with van der Waals surface area (Å²) in [6.07, 6.45) is 2.31. The van der Waals surface area contributed by atoms with Gasteiger partial charge in [-0.05, 0) is 68.1 Å². The van der Waals surface area contributed by atoms with E-state index < -0.39 is 22.5 Å². The van der Waals surface area contributed by atoms with E-state index in [1.807, 2.05) is 31.2 Å². The number of hydrogen-bond acceptors (Lipinski definition) is 5. The van der Waals surface area contributed by atoms with E-state index in [-0.39, 0.29) is 16.3 Å². The normalized spacial score (nSPS) is 11.1. The first kappa shape index (κ1) is 28.3. The van der Waals surface area contributed by atoms with E-state index >= 15 is 0 Å². The van der Waals surface area contributed by atoms with E-state index in [0.29, 0.717) is 31.0 Å². The van der Waals surface area contributed by atoms with E-state index in [1.165, 1.54) is 25.3 Å². The second-order valence-corrected chi connectivity index (χ2v) is 10.8. The molecule has 0 aliphatic carbocycles. The van der Waals surface area contributed by atoms with Gasteiger partial charge in [-0.15, -0.1) is 0 Å². The highest BCUT2D eigenvalue weighted by atomic mass is 35.5. The molecule has 3 rings (SSSR count). The summed E-state index contributed by atoms with van der Waals surface area (Å²) in [5.41, 5.74) is 2.18. The monoisotopic (exact) mass is 544 g/mol. The molecule has 37 heavy (non-hydrogen) atoms. The predicted octanol–water partition coefficient (Wildman–Crippen LogP) is 5.39. The van der Waals surface area contributed by atoms with Crippen molar-refractivity contribution in [3.05, 3.63) is 82.9 Å². The van der Waals surface area contributed by atoms with Gasteiger partial charge in [0.1, 0.15) is 18.0 Å². The SMILES string of the molecule is CCCOc1ccccc1CCCNC(=O)CN(c1cc(Cl)ccc1OC)S(=O)(=O)c1ccc(C)cc1. The molecular formula is C28H33ClN2O5S. The summed E-state index contributed by atoms with van der Waals surface area (Å²) in [6.45, 7) is 4.52. The minimum atomic E-state index is -4.09. The smallest absolute Gasteiger partial charge is 0.264 e. The van der Waals surface area contributed by atoms with Crippen molar-refractivity contribution in [2.45, 2.75) is 38.0 Å². The number of rotatable bonds is 13. The minimum absolute atomic E-state index is 0.0663. The van der Waals surface area contributed by atoms with Gasteiger partial charge in [-0.2, -0.15) is 0 Å². The van der Waals surface area contributed by atoms with Crippen molar-refractivity contribution >= 4 is 33.2 Å². The van der Waals surface area contributed by atoms with Crippen LogP contribution < -0.4 is 19.1 Å². The highest BCUT2D eigenvalue weighted by molar-refractivity contribution is 7.92. The molecule has 1 amide bonds. The maximum absolute atomic E-state index is 13.6. The van der Waals surface area contributed by atoms with Crippen LogP contribution in [0.25, 0.3) is 0 Å². The van der Waals surface area contributed by atoms with Crippen LogP contribution in [0.4, 0.5) is 5.69 Å². The lowest BCUT2D eigenvalue weighted by Crippen LogP contribution is -2.41. The van der Waals surface area contributed by atoms with Crippen LogP contribution in [0.3, 0.4) is 0 Å². The molecule has 1 N–H and O–H groups in total.